The van der Waals surface area contributed by atoms with Crippen molar-refractivity contribution in [2.75, 3.05) is 12.1 Å². The highest BCUT2D eigenvalue weighted by Gasteiger charge is 2.13. The summed E-state index contributed by atoms with van der Waals surface area (Å²) in [5, 5.41) is 8.27. The lowest BCUT2D eigenvalue weighted by atomic mass is 10.3. The summed E-state index contributed by atoms with van der Waals surface area (Å²) in [4.78, 5) is 5.77. The van der Waals surface area contributed by atoms with Gasteiger partial charge in [-0.25, -0.2) is 4.98 Å². The number of rotatable bonds is 3. The molecule has 4 nitrogen and oxygen atoms in total. The molecule has 0 fully saturated rings. The van der Waals surface area contributed by atoms with Crippen LogP contribution in [0.25, 0.3) is 10.6 Å². The fourth-order valence-corrected chi connectivity index (χ4v) is 3.46. The fraction of sp³-hybridized carbons (Fsp3) is 0.0714. The van der Waals surface area contributed by atoms with E-state index in [4.69, 9.17) is 9.47 Å². The maximum Gasteiger partial charge on any atom is 0.231 e. The van der Waals surface area contributed by atoms with Crippen LogP contribution in [0.3, 0.4) is 0 Å². The molecule has 0 spiro atoms. The summed E-state index contributed by atoms with van der Waals surface area (Å²) < 4.78 is 10.7. The van der Waals surface area contributed by atoms with Gasteiger partial charge in [0.05, 0.1) is 10.6 Å². The zero-order chi connectivity index (χ0) is 13.4. The number of aromatic nitrogens is 1. The van der Waals surface area contributed by atoms with Crippen LogP contribution in [0.15, 0.2) is 41.1 Å². The first-order valence-corrected chi connectivity index (χ1v) is 7.80. The minimum Gasteiger partial charge on any atom is -0.454 e. The number of hydrogen-bond donors (Lipinski definition) is 1. The second-order valence-corrected chi connectivity index (χ2v) is 6.01. The molecule has 0 unspecified atom stereocenters. The lowest BCUT2D eigenvalue weighted by Gasteiger charge is -2.03. The maximum absolute atomic E-state index is 5.36. The Balaban J connectivity index is 1.57. The number of nitrogens with one attached hydrogen (secondary N) is 1. The van der Waals surface area contributed by atoms with E-state index in [9.17, 15) is 0 Å². The van der Waals surface area contributed by atoms with Gasteiger partial charge in [0.15, 0.2) is 16.6 Å². The van der Waals surface area contributed by atoms with E-state index in [1.165, 1.54) is 4.88 Å². The Morgan fingerprint density at radius 1 is 1.10 bits per heavy atom. The molecule has 1 aromatic carbocycles. The lowest BCUT2D eigenvalue weighted by Crippen LogP contribution is -1.93. The molecule has 0 radical (unpaired) electrons. The first-order valence-electron chi connectivity index (χ1n) is 6.04. The molecule has 0 aliphatic carbocycles. The smallest absolute Gasteiger partial charge is 0.231 e. The molecular formula is C14H10N2O2S2. The third-order valence-electron chi connectivity index (χ3n) is 2.90. The van der Waals surface area contributed by atoms with Crippen LogP contribution in [0.2, 0.25) is 0 Å². The topological polar surface area (TPSA) is 43.4 Å². The van der Waals surface area contributed by atoms with Gasteiger partial charge in [0.25, 0.3) is 0 Å². The Bertz CT molecular complexity index is 737. The van der Waals surface area contributed by atoms with E-state index < -0.39 is 0 Å². The summed E-state index contributed by atoms with van der Waals surface area (Å²) in [5.74, 6) is 1.55. The Labute approximate surface area is 123 Å². The van der Waals surface area contributed by atoms with Crippen molar-refractivity contribution in [3.63, 3.8) is 0 Å². The Morgan fingerprint density at radius 2 is 2.05 bits per heavy atom. The normalized spacial score (nSPS) is 12.6. The average Bonchev–Trinajstić information content (AvgIpc) is 3.19. The molecule has 4 rings (SSSR count). The Hall–Kier alpha value is -2.05. The molecule has 1 N–H and O–H groups in total. The van der Waals surface area contributed by atoms with Gasteiger partial charge in [-0.3, -0.25) is 0 Å². The highest BCUT2D eigenvalue weighted by molar-refractivity contribution is 7.16. The number of thiophene rings is 1. The van der Waals surface area contributed by atoms with Gasteiger partial charge in [-0.15, -0.1) is 22.7 Å². The van der Waals surface area contributed by atoms with E-state index in [1.54, 1.807) is 22.7 Å². The van der Waals surface area contributed by atoms with Crippen LogP contribution < -0.4 is 14.8 Å². The van der Waals surface area contributed by atoms with Crippen molar-refractivity contribution in [2.24, 2.45) is 0 Å². The lowest BCUT2D eigenvalue weighted by molar-refractivity contribution is 0.174. The minimum atomic E-state index is 0.290. The Kier molecular flexibility index (Phi) is 2.82. The summed E-state index contributed by atoms with van der Waals surface area (Å²) in [6.45, 7) is 0.290. The van der Waals surface area contributed by atoms with Gasteiger partial charge in [-0.1, -0.05) is 6.07 Å². The molecule has 100 valence electrons. The number of thiazole rings is 1. The third-order valence-corrected chi connectivity index (χ3v) is 4.55. The van der Waals surface area contributed by atoms with Gasteiger partial charge >= 0.3 is 0 Å². The number of benzene rings is 1. The molecule has 6 heteroatoms. The van der Waals surface area contributed by atoms with Crippen LogP contribution in [0, 0.1) is 0 Å². The number of anilines is 2. The van der Waals surface area contributed by atoms with Gasteiger partial charge in [0.2, 0.25) is 6.79 Å². The standard InChI is InChI=1S/C14H10N2O2S2/c1-2-13(19-5-1)10-7-20-14(16-10)15-9-3-4-11-12(6-9)18-8-17-11/h1-7H,8H2,(H,15,16). The molecular weight excluding hydrogens is 292 g/mol. The largest absolute Gasteiger partial charge is 0.454 e. The van der Waals surface area contributed by atoms with Crippen molar-refractivity contribution in [3.05, 3.63) is 41.1 Å². The third kappa shape index (κ3) is 2.13. The average molecular weight is 302 g/mol. The first-order chi connectivity index (χ1) is 9.88. The van der Waals surface area contributed by atoms with Crippen LogP contribution in [0.1, 0.15) is 0 Å². The summed E-state index contributed by atoms with van der Waals surface area (Å²) in [6.07, 6.45) is 0. The summed E-state index contributed by atoms with van der Waals surface area (Å²) in [7, 11) is 0. The van der Waals surface area contributed by atoms with Crippen molar-refractivity contribution in [1.82, 2.24) is 4.98 Å². The molecule has 0 bridgehead atoms. The van der Waals surface area contributed by atoms with Crippen LogP contribution in [0.5, 0.6) is 11.5 Å². The molecule has 1 aliphatic heterocycles. The predicted octanol–water partition coefficient (Wildman–Crippen LogP) is 4.34. The van der Waals surface area contributed by atoms with Crippen molar-refractivity contribution in [3.8, 4) is 22.1 Å². The van der Waals surface area contributed by atoms with E-state index in [-0.39, 0.29) is 0 Å². The van der Waals surface area contributed by atoms with Crippen LogP contribution in [0.4, 0.5) is 10.8 Å². The number of nitrogens with zero attached hydrogens (tertiary/aromatic N) is 1. The monoisotopic (exact) mass is 302 g/mol. The molecule has 0 saturated carbocycles. The van der Waals surface area contributed by atoms with Crippen LogP contribution >= 0.6 is 22.7 Å². The molecule has 1 aliphatic rings. The minimum absolute atomic E-state index is 0.290. The van der Waals surface area contributed by atoms with Crippen LogP contribution in [-0.4, -0.2) is 11.8 Å². The van der Waals surface area contributed by atoms with E-state index in [1.807, 2.05) is 24.3 Å². The van der Waals surface area contributed by atoms with E-state index >= 15 is 0 Å². The Morgan fingerprint density at radius 3 is 2.95 bits per heavy atom. The molecule has 0 amide bonds. The number of fused-ring (bicyclic) bond motifs is 1. The summed E-state index contributed by atoms with van der Waals surface area (Å²) in [6, 6.07) is 9.89. The predicted molar refractivity (Wildman–Crippen MR) is 81.3 cm³/mol. The fourth-order valence-electron chi connectivity index (χ4n) is 1.97. The highest BCUT2D eigenvalue weighted by Crippen LogP contribution is 2.36. The molecule has 3 aromatic rings. The highest BCUT2D eigenvalue weighted by atomic mass is 32.1. The molecule has 0 atom stereocenters. The van der Waals surface area contributed by atoms with Crippen LogP contribution in [-0.2, 0) is 0 Å². The van der Waals surface area contributed by atoms with Crippen molar-refractivity contribution in [1.29, 1.82) is 0 Å². The quantitative estimate of drug-likeness (QED) is 0.781. The van der Waals surface area contributed by atoms with Gasteiger partial charge in [0.1, 0.15) is 0 Å². The van der Waals surface area contributed by atoms with Crippen molar-refractivity contribution in [2.45, 2.75) is 0 Å². The second-order valence-electron chi connectivity index (χ2n) is 4.21. The molecule has 2 aromatic heterocycles. The zero-order valence-corrected chi connectivity index (χ0v) is 12.0. The summed E-state index contributed by atoms with van der Waals surface area (Å²) in [5.41, 5.74) is 1.95. The second kappa shape index (κ2) is 4.81. The molecule has 3 heterocycles. The van der Waals surface area contributed by atoms with Gasteiger partial charge < -0.3 is 14.8 Å². The van der Waals surface area contributed by atoms with E-state index in [0.29, 0.717) is 6.79 Å². The van der Waals surface area contributed by atoms with Gasteiger partial charge in [-0.05, 0) is 23.6 Å². The van der Waals surface area contributed by atoms with Crippen molar-refractivity contribution < 1.29 is 9.47 Å². The molecule has 20 heavy (non-hydrogen) atoms. The van der Waals surface area contributed by atoms with E-state index in [2.05, 4.69) is 27.1 Å². The zero-order valence-electron chi connectivity index (χ0n) is 10.3. The van der Waals surface area contributed by atoms with E-state index in [0.717, 1.165) is 28.0 Å². The van der Waals surface area contributed by atoms with Gasteiger partial charge in [0, 0.05) is 17.1 Å². The molecule has 0 saturated heterocycles. The number of ether oxygens (including phenoxy) is 2. The van der Waals surface area contributed by atoms with Crippen molar-refractivity contribution >= 4 is 33.5 Å². The first kappa shape index (κ1) is 11.7. The summed E-state index contributed by atoms with van der Waals surface area (Å²) >= 11 is 3.28. The van der Waals surface area contributed by atoms with Gasteiger partial charge in [-0.2, -0.15) is 0 Å². The maximum atomic E-state index is 5.36. The number of hydrogen-bond acceptors (Lipinski definition) is 6. The SMILES string of the molecule is c1csc(-c2csc(Nc3ccc4c(c3)OCO4)n2)c1.